The Morgan fingerprint density at radius 2 is 1.63 bits per heavy atom. The van der Waals surface area contributed by atoms with E-state index in [0.29, 0.717) is 37.7 Å². The highest BCUT2D eigenvalue weighted by Crippen LogP contribution is 2.18. The van der Waals surface area contributed by atoms with Gasteiger partial charge in [-0.25, -0.2) is 0 Å². The van der Waals surface area contributed by atoms with Crippen LogP contribution in [0, 0.1) is 6.92 Å². The average molecular weight is 426 g/mol. The van der Waals surface area contributed by atoms with Crippen LogP contribution in [0.25, 0.3) is 0 Å². The van der Waals surface area contributed by atoms with Gasteiger partial charge in [0.15, 0.2) is 11.5 Å². The van der Waals surface area contributed by atoms with E-state index in [9.17, 15) is 13.8 Å². The van der Waals surface area contributed by atoms with E-state index in [1.165, 1.54) is 6.26 Å². The minimum atomic E-state index is -1.25. The van der Waals surface area contributed by atoms with E-state index >= 15 is 0 Å². The maximum Gasteiger partial charge on any atom is 0.289 e. The summed E-state index contributed by atoms with van der Waals surface area (Å²) < 4.78 is 23.4. The molecule has 1 fully saturated rings. The largest absolute Gasteiger partial charge is 0.459 e. The second kappa shape index (κ2) is 8.71. The monoisotopic (exact) mass is 426 g/mol. The molecule has 0 N–H and O–H groups in total. The first-order valence-corrected chi connectivity index (χ1v) is 11.0. The number of rotatable bonds is 5. The van der Waals surface area contributed by atoms with Gasteiger partial charge >= 0.3 is 0 Å². The predicted molar refractivity (Wildman–Crippen MR) is 111 cm³/mol. The van der Waals surface area contributed by atoms with Crippen molar-refractivity contribution < 1.29 is 22.6 Å². The third-order valence-electron chi connectivity index (χ3n) is 4.98. The third-order valence-corrected chi connectivity index (χ3v) is 6.31. The van der Waals surface area contributed by atoms with Crippen LogP contribution in [-0.2, 0) is 16.6 Å². The quantitative estimate of drug-likeness (QED) is 0.626. The Bertz CT molecular complexity index is 1060. The summed E-state index contributed by atoms with van der Waals surface area (Å²) >= 11 is 0. The predicted octanol–water partition coefficient (Wildman–Crippen LogP) is 3.09. The SMILES string of the molecule is Cc1cccc([S@](=O)Cc2ccc(C(=O)N3CCN(C(=O)c4ccco4)CC3)o2)c1. The van der Waals surface area contributed by atoms with E-state index < -0.39 is 10.8 Å². The summed E-state index contributed by atoms with van der Waals surface area (Å²) in [6.07, 6.45) is 1.47. The van der Waals surface area contributed by atoms with Crippen molar-refractivity contribution in [1.29, 1.82) is 0 Å². The molecular formula is C22H22N2O5S. The summed E-state index contributed by atoms with van der Waals surface area (Å²) in [5.41, 5.74) is 1.04. The van der Waals surface area contributed by atoms with Crippen LogP contribution in [-0.4, -0.2) is 52.0 Å². The lowest BCUT2D eigenvalue weighted by atomic mass is 10.2. The number of hydrogen-bond donors (Lipinski definition) is 0. The van der Waals surface area contributed by atoms with E-state index in [1.54, 1.807) is 34.1 Å². The standard InChI is InChI=1S/C22H22N2O5S/c1-16-4-2-5-18(14-16)30(27)15-17-7-8-20(29-17)22(26)24-11-9-23(10-12-24)21(25)19-6-3-13-28-19/h2-8,13-14H,9-12,15H2,1H3/t30-/m1/s1. The van der Waals surface area contributed by atoms with Crippen LogP contribution in [0.15, 0.2) is 68.5 Å². The van der Waals surface area contributed by atoms with Gasteiger partial charge in [0.1, 0.15) is 5.76 Å². The topological polar surface area (TPSA) is 84.0 Å². The third kappa shape index (κ3) is 4.38. The molecule has 0 bridgehead atoms. The minimum absolute atomic E-state index is 0.175. The molecule has 3 heterocycles. The minimum Gasteiger partial charge on any atom is -0.459 e. The van der Waals surface area contributed by atoms with Crippen molar-refractivity contribution in [3.63, 3.8) is 0 Å². The number of benzene rings is 1. The Labute approximate surface area is 176 Å². The molecule has 1 aromatic carbocycles. The molecule has 8 heteroatoms. The van der Waals surface area contributed by atoms with Gasteiger partial charge in [0.2, 0.25) is 0 Å². The van der Waals surface area contributed by atoms with Gasteiger partial charge in [-0.15, -0.1) is 0 Å². The molecule has 7 nitrogen and oxygen atoms in total. The second-order valence-corrected chi connectivity index (χ2v) is 8.59. The normalized spacial score (nSPS) is 15.2. The first-order chi connectivity index (χ1) is 14.5. The van der Waals surface area contributed by atoms with Gasteiger partial charge in [-0.1, -0.05) is 12.1 Å². The Morgan fingerprint density at radius 3 is 2.27 bits per heavy atom. The molecule has 0 unspecified atom stereocenters. The van der Waals surface area contributed by atoms with Gasteiger partial charge in [-0.2, -0.15) is 0 Å². The number of carbonyl (C=O) groups excluding carboxylic acids is 2. The Morgan fingerprint density at radius 1 is 0.933 bits per heavy atom. The molecule has 0 spiro atoms. The highest BCUT2D eigenvalue weighted by Gasteiger charge is 2.28. The molecule has 2 amide bonds. The number of nitrogens with zero attached hydrogens (tertiary/aromatic N) is 2. The second-order valence-electron chi connectivity index (χ2n) is 7.13. The lowest BCUT2D eigenvalue weighted by Gasteiger charge is -2.33. The van der Waals surface area contributed by atoms with Gasteiger partial charge in [0.05, 0.1) is 22.8 Å². The summed E-state index contributed by atoms with van der Waals surface area (Å²) in [6, 6.07) is 14.1. The van der Waals surface area contributed by atoms with E-state index in [-0.39, 0.29) is 23.3 Å². The molecule has 0 saturated carbocycles. The zero-order valence-electron chi connectivity index (χ0n) is 16.6. The Kier molecular flexibility index (Phi) is 5.85. The number of piperazine rings is 1. The van der Waals surface area contributed by atoms with Crippen LogP contribution in [0.3, 0.4) is 0 Å². The van der Waals surface area contributed by atoms with Crippen molar-refractivity contribution in [2.24, 2.45) is 0 Å². The zero-order chi connectivity index (χ0) is 21.1. The van der Waals surface area contributed by atoms with E-state index in [2.05, 4.69) is 0 Å². The van der Waals surface area contributed by atoms with Crippen LogP contribution < -0.4 is 0 Å². The van der Waals surface area contributed by atoms with Crippen molar-refractivity contribution in [2.75, 3.05) is 26.2 Å². The smallest absolute Gasteiger partial charge is 0.289 e. The molecule has 4 rings (SSSR count). The lowest BCUT2D eigenvalue weighted by molar-refractivity contribution is 0.0501. The van der Waals surface area contributed by atoms with Crippen molar-refractivity contribution in [1.82, 2.24) is 9.80 Å². The Balaban J connectivity index is 1.34. The number of amides is 2. The maximum atomic E-state index is 12.8. The molecule has 30 heavy (non-hydrogen) atoms. The first-order valence-electron chi connectivity index (χ1n) is 9.67. The fraction of sp³-hybridized carbons (Fsp3) is 0.273. The molecule has 1 atom stereocenters. The van der Waals surface area contributed by atoms with Crippen LogP contribution >= 0.6 is 0 Å². The maximum absolute atomic E-state index is 12.8. The van der Waals surface area contributed by atoms with E-state index in [1.807, 2.05) is 31.2 Å². The highest BCUT2D eigenvalue weighted by molar-refractivity contribution is 7.84. The molecular weight excluding hydrogens is 404 g/mol. The lowest BCUT2D eigenvalue weighted by Crippen LogP contribution is -2.50. The Hall–Kier alpha value is -3.13. The van der Waals surface area contributed by atoms with Gasteiger partial charge < -0.3 is 18.6 Å². The number of aryl methyl sites for hydroxylation is 1. The first kappa shape index (κ1) is 20.2. The molecule has 3 aromatic rings. The van der Waals surface area contributed by atoms with Gasteiger partial charge in [0, 0.05) is 31.1 Å². The molecule has 156 valence electrons. The van der Waals surface area contributed by atoms with Crippen LogP contribution in [0.4, 0.5) is 0 Å². The fourth-order valence-corrected chi connectivity index (χ4v) is 4.49. The molecule has 1 aliphatic heterocycles. The van der Waals surface area contributed by atoms with Crippen LogP contribution in [0.5, 0.6) is 0 Å². The number of carbonyl (C=O) groups is 2. The highest BCUT2D eigenvalue weighted by atomic mass is 32.2. The van der Waals surface area contributed by atoms with Gasteiger partial charge in [0.25, 0.3) is 11.8 Å². The molecule has 0 aliphatic carbocycles. The molecule has 2 aromatic heterocycles. The van der Waals surface area contributed by atoms with E-state index in [4.69, 9.17) is 8.83 Å². The van der Waals surface area contributed by atoms with Crippen molar-refractivity contribution in [3.8, 4) is 0 Å². The number of hydrogen-bond acceptors (Lipinski definition) is 5. The molecule has 1 saturated heterocycles. The van der Waals surface area contributed by atoms with Crippen molar-refractivity contribution >= 4 is 22.6 Å². The number of furan rings is 2. The zero-order valence-corrected chi connectivity index (χ0v) is 17.4. The van der Waals surface area contributed by atoms with Crippen LogP contribution in [0.2, 0.25) is 0 Å². The summed E-state index contributed by atoms with van der Waals surface area (Å²) in [5.74, 6) is 0.829. The van der Waals surface area contributed by atoms with E-state index in [0.717, 1.165) is 10.5 Å². The van der Waals surface area contributed by atoms with Gasteiger partial charge in [-0.3, -0.25) is 13.8 Å². The summed E-state index contributed by atoms with van der Waals surface area (Å²) in [6.45, 7) is 3.63. The summed E-state index contributed by atoms with van der Waals surface area (Å²) in [4.78, 5) is 29.1. The fourth-order valence-electron chi connectivity index (χ4n) is 3.36. The van der Waals surface area contributed by atoms with Crippen molar-refractivity contribution in [2.45, 2.75) is 17.6 Å². The summed E-state index contributed by atoms with van der Waals surface area (Å²) in [5, 5.41) is 0. The van der Waals surface area contributed by atoms with Crippen molar-refractivity contribution in [3.05, 3.63) is 77.6 Å². The molecule has 1 aliphatic rings. The molecule has 0 radical (unpaired) electrons. The summed E-state index contributed by atoms with van der Waals surface area (Å²) in [7, 11) is -1.25. The average Bonchev–Trinajstić information content (AvgIpc) is 3.45. The van der Waals surface area contributed by atoms with Crippen LogP contribution in [0.1, 0.15) is 32.4 Å². The van der Waals surface area contributed by atoms with Gasteiger partial charge in [-0.05, 0) is 48.9 Å².